The number of benzene rings is 2. The maximum Gasteiger partial charge on any atom is 0.408 e. The number of alkyl carbamates (subject to hydrolysis) is 1. The molecule has 0 aliphatic heterocycles. The van der Waals surface area contributed by atoms with E-state index < -0.39 is 12.1 Å². The Morgan fingerprint density at radius 1 is 1.00 bits per heavy atom. The van der Waals surface area contributed by atoms with Crippen molar-refractivity contribution in [3.05, 3.63) is 71.8 Å². The van der Waals surface area contributed by atoms with Crippen LogP contribution in [-0.4, -0.2) is 23.5 Å². The highest BCUT2D eigenvalue weighted by Gasteiger charge is 2.21. The molecule has 0 aliphatic rings. The number of hydrogen-bond donors (Lipinski definition) is 1. The Bertz CT molecular complexity index is 631. The molecule has 0 bridgehead atoms. The van der Waals surface area contributed by atoms with Crippen LogP contribution in [0.15, 0.2) is 60.7 Å². The van der Waals surface area contributed by atoms with Crippen LogP contribution in [-0.2, 0) is 22.6 Å². The molecule has 0 aromatic heterocycles. The first-order chi connectivity index (χ1) is 11.2. The summed E-state index contributed by atoms with van der Waals surface area (Å²) in [5.41, 5.74) is 1.89. The summed E-state index contributed by atoms with van der Waals surface area (Å²) in [5.74, 6) is 0. The standard InChI is InChI=1S/C18H19NO3S/c1-23-17(20)16(12-14-8-4-2-5-9-14)19-18(21)22-13-15-10-6-3-7-11-15/h2-11,16H,12-13H2,1H3,(H,19,21). The molecule has 0 spiro atoms. The summed E-state index contributed by atoms with van der Waals surface area (Å²) in [6.45, 7) is 0.179. The molecule has 0 saturated carbocycles. The van der Waals surface area contributed by atoms with Gasteiger partial charge in [0.1, 0.15) is 12.6 Å². The lowest BCUT2D eigenvalue weighted by Gasteiger charge is -2.16. The minimum Gasteiger partial charge on any atom is -0.445 e. The van der Waals surface area contributed by atoms with Gasteiger partial charge in [-0.15, -0.1) is 0 Å². The molecule has 120 valence electrons. The fourth-order valence-electron chi connectivity index (χ4n) is 2.09. The summed E-state index contributed by atoms with van der Waals surface area (Å²) >= 11 is 1.10. The van der Waals surface area contributed by atoms with Gasteiger partial charge in [0, 0.05) is 6.42 Å². The summed E-state index contributed by atoms with van der Waals surface area (Å²) in [6.07, 6.45) is 1.57. The Balaban J connectivity index is 1.91. The number of ether oxygens (including phenoxy) is 1. The number of carbonyl (C=O) groups is 2. The van der Waals surface area contributed by atoms with Crippen molar-refractivity contribution in [2.24, 2.45) is 0 Å². The van der Waals surface area contributed by atoms with Gasteiger partial charge < -0.3 is 10.1 Å². The normalized spacial score (nSPS) is 11.5. The summed E-state index contributed by atoms with van der Waals surface area (Å²) < 4.78 is 5.18. The fourth-order valence-corrected chi connectivity index (χ4v) is 2.52. The van der Waals surface area contributed by atoms with E-state index in [0.717, 1.165) is 22.9 Å². The highest BCUT2D eigenvalue weighted by atomic mass is 32.2. The first-order valence-corrected chi connectivity index (χ1v) is 8.50. The molecule has 2 aromatic rings. The zero-order valence-electron chi connectivity index (χ0n) is 12.9. The fraction of sp³-hybridized carbons (Fsp3) is 0.222. The predicted octanol–water partition coefficient (Wildman–Crippen LogP) is 3.41. The van der Waals surface area contributed by atoms with Crippen LogP contribution in [0.2, 0.25) is 0 Å². The lowest BCUT2D eigenvalue weighted by molar-refractivity contribution is -0.112. The zero-order valence-corrected chi connectivity index (χ0v) is 13.7. The summed E-state index contributed by atoms with van der Waals surface area (Å²) in [6, 6.07) is 18.4. The van der Waals surface area contributed by atoms with Crippen LogP contribution in [0.1, 0.15) is 11.1 Å². The van der Waals surface area contributed by atoms with Gasteiger partial charge in [0.15, 0.2) is 0 Å². The first-order valence-electron chi connectivity index (χ1n) is 7.28. The van der Waals surface area contributed by atoms with Crippen molar-refractivity contribution in [3.63, 3.8) is 0 Å². The molecule has 2 aromatic carbocycles. The number of rotatable bonds is 6. The topological polar surface area (TPSA) is 55.4 Å². The molecule has 1 amide bonds. The maximum absolute atomic E-state index is 12.0. The second-order valence-corrected chi connectivity index (χ2v) is 5.78. The maximum atomic E-state index is 12.0. The third kappa shape index (κ3) is 5.79. The predicted molar refractivity (Wildman–Crippen MR) is 92.2 cm³/mol. The van der Waals surface area contributed by atoms with E-state index in [1.165, 1.54) is 0 Å². The van der Waals surface area contributed by atoms with Gasteiger partial charge in [0.05, 0.1) is 0 Å². The van der Waals surface area contributed by atoms with E-state index in [2.05, 4.69) is 5.32 Å². The van der Waals surface area contributed by atoms with E-state index >= 15 is 0 Å². The number of nitrogens with one attached hydrogen (secondary N) is 1. The van der Waals surface area contributed by atoms with Gasteiger partial charge in [0.2, 0.25) is 5.12 Å². The summed E-state index contributed by atoms with van der Waals surface area (Å²) in [4.78, 5) is 24.0. The van der Waals surface area contributed by atoms with Crippen LogP contribution in [0, 0.1) is 0 Å². The van der Waals surface area contributed by atoms with Gasteiger partial charge >= 0.3 is 6.09 Å². The molecule has 4 nitrogen and oxygen atoms in total. The molecule has 1 N–H and O–H groups in total. The van der Waals surface area contributed by atoms with Crippen molar-refractivity contribution < 1.29 is 14.3 Å². The monoisotopic (exact) mass is 329 g/mol. The lowest BCUT2D eigenvalue weighted by Crippen LogP contribution is -2.41. The second-order valence-electron chi connectivity index (χ2n) is 4.97. The third-order valence-electron chi connectivity index (χ3n) is 3.27. The lowest BCUT2D eigenvalue weighted by atomic mass is 10.1. The molecule has 0 aliphatic carbocycles. The van der Waals surface area contributed by atoms with Crippen LogP contribution in [0.25, 0.3) is 0 Å². The quantitative estimate of drug-likeness (QED) is 0.882. The Morgan fingerprint density at radius 2 is 1.57 bits per heavy atom. The highest BCUT2D eigenvalue weighted by molar-refractivity contribution is 8.13. The van der Waals surface area contributed by atoms with Gasteiger partial charge in [-0.05, 0) is 17.4 Å². The van der Waals surface area contributed by atoms with E-state index in [-0.39, 0.29) is 11.7 Å². The van der Waals surface area contributed by atoms with E-state index in [4.69, 9.17) is 4.74 Å². The van der Waals surface area contributed by atoms with Gasteiger partial charge in [0.25, 0.3) is 0 Å². The van der Waals surface area contributed by atoms with Crippen molar-refractivity contribution in [3.8, 4) is 0 Å². The summed E-state index contributed by atoms with van der Waals surface area (Å²) in [7, 11) is 0. The molecule has 2 rings (SSSR count). The average molecular weight is 329 g/mol. The van der Waals surface area contributed by atoms with Gasteiger partial charge in [-0.1, -0.05) is 72.4 Å². The minimum atomic E-state index is -0.601. The molecular formula is C18H19NO3S. The van der Waals surface area contributed by atoms with Crippen molar-refractivity contribution in [1.29, 1.82) is 0 Å². The first kappa shape index (κ1) is 17.1. The van der Waals surface area contributed by atoms with Crippen molar-refractivity contribution >= 4 is 23.0 Å². The molecule has 0 saturated heterocycles. The molecule has 5 heteroatoms. The largest absolute Gasteiger partial charge is 0.445 e. The van der Waals surface area contributed by atoms with Crippen LogP contribution in [0.4, 0.5) is 4.79 Å². The molecule has 0 heterocycles. The van der Waals surface area contributed by atoms with Crippen LogP contribution >= 0.6 is 11.8 Å². The Labute approximate surface area is 140 Å². The molecule has 23 heavy (non-hydrogen) atoms. The second kappa shape index (κ2) is 9.00. The Morgan fingerprint density at radius 3 is 2.13 bits per heavy atom. The van der Waals surface area contributed by atoms with Crippen molar-refractivity contribution in [2.45, 2.75) is 19.1 Å². The zero-order chi connectivity index (χ0) is 16.5. The Hall–Kier alpha value is -2.27. The highest BCUT2D eigenvalue weighted by Crippen LogP contribution is 2.09. The molecule has 1 atom stereocenters. The Kier molecular flexibility index (Phi) is 6.69. The van der Waals surface area contributed by atoms with Crippen molar-refractivity contribution in [1.82, 2.24) is 5.32 Å². The van der Waals surface area contributed by atoms with Gasteiger partial charge in [-0.25, -0.2) is 4.79 Å². The van der Waals surface area contributed by atoms with Crippen LogP contribution in [0.5, 0.6) is 0 Å². The van der Waals surface area contributed by atoms with Gasteiger partial charge in [-0.3, -0.25) is 4.79 Å². The molecule has 0 fully saturated rings. The molecule has 1 unspecified atom stereocenters. The van der Waals surface area contributed by atoms with Crippen LogP contribution in [0.3, 0.4) is 0 Å². The minimum absolute atomic E-state index is 0.0921. The number of hydrogen-bond acceptors (Lipinski definition) is 4. The van der Waals surface area contributed by atoms with E-state index in [1.807, 2.05) is 60.7 Å². The number of thioether (sulfide) groups is 1. The molecule has 0 radical (unpaired) electrons. The average Bonchev–Trinajstić information content (AvgIpc) is 2.60. The van der Waals surface area contributed by atoms with E-state index in [1.54, 1.807) is 6.26 Å². The van der Waals surface area contributed by atoms with Gasteiger partial charge in [-0.2, -0.15) is 0 Å². The molecular weight excluding hydrogens is 310 g/mol. The van der Waals surface area contributed by atoms with E-state index in [0.29, 0.717) is 6.42 Å². The third-order valence-corrected chi connectivity index (χ3v) is 3.96. The van der Waals surface area contributed by atoms with Crippen molar-refractivity contribution in [2.75, 3.05) is 6.26 Å². The smallest absolute Gasteiger partial charge is 0.408 e. The SMILES string of the molecule is CSC(=O)C(Cc1ccccc1)NC(=O)OCc1ccccc1. The van der Waals surface area contributed by atoms with E-state index in [9.17, 15) is 9.59 Å². The van der Waals surface area contributed by atoms with Crippen LogP contribution < -0.4 is 5.32 Å². The number of amides is 1. The summed E-state index contributed by atoms with van der Waals surface area (Å²) in [5, 5.41) is 2.56. The number of carbonyl (C=O) groups excluding carboxylic acids is 2.